The lowest BCUT2D eigenvalue weighted by Gasteiger charge is -2.21. The van der Waals surface area contributed by atoms with Crippen molar-refractivity contribution in [2.45, 2.75) is 32.9 Å². The smallest absolute Gasteiger partial charge is 0.434 e. The first-order valence-corrected chi connectivity index (χ1v) is 9.52. The summed E-state index contributed by atoms with van der Waals surface area (Å²) in [5, 5.41) is 1.16. The number of hydroxylamine groups is 2. The number of hydrogen-bond donors (Lipinski definition) is 0. The zero-order valence-electron chi connectivity index (χ0n) is 16.8. The van der Waals surface area contributed by atoms with Gasteiger partial charge in [-0.05, 0) is 36.6 Å². The van der Waals surface area contributed by atoms with Crippen LogP contribution in [-0.4, -0.2) is 37.4 Å². The van der Waals surface area contributed by atoms with Crippen molar-refractivity contribution in [3.05, 3.63) is 65.7 Å². The van der Waals surface area contributed by atoms with Crippen molar-refractivity contribution in [3.8, 4) is 5.75 Å². The Morgan fingerprint density at radius 3 is 2.31 bits per heavy atom. The van der Waals surface area contributed by atoms with Crippen molar-refractivity contribution < 1.29 is 28.6 Å². The van der Waals surface area contributed by atoms with Crippen LogP contribution in [0.2, 0.25) is 0 Å². The van der Waals surface area contributed by atoms with E-state index in [1.54, 1.807) is 14.0 Å². The summed E-state index contributed by atoms with van der Waals surface area (Å²) < 4.78 is 15.4. The second kappa shape index (κ2) is 12.4. The first kappa shape index (κ1) is 22.2. The fourth-order valence-corrected chi connectivity index (χ4v) is 2.48. The Morgan fingerprint density at radius 2 is 1.66 bits per heavy atom. The number of nitrogens with zero attached hydrogens (tertiary/aromatic N) is 1. The normalized spacial score (nSPS) is 10.3. The maximum atomic E-state index is 12.5. The third-order valence-electron chi connectivity index (χ3n) is 3.97. The minimum atomic E-state index is -0.596. The van der Waals surface area contributed by atoms with E-state index in [0.717, 1.165) is 21.9 Å². The lowest BCUT2D eigenvalue weighted by molar-refractivity contribution is -0.152. The minimum absolute atomic E-state index is 0.144. The maximum Gasteiger partial charge on any atom is 0.434 e. The molecule has 2 rings (SSSR count). The van der Waals surface area contributed by atoms with Crippen LogP contribution in [0.4, 0.5) is 4.79 Å². The highest BCUT2D eigenvalue weighted by Crippen LogP contribution is 2.15. The highest BCUT2D eigenvalue weighted by atomic mass is 16.7. The largest absolute Gasteiger partial charge is 0.497 e. The summed E-state index contributed by atoms with van der Waals surface area (Å²) in [6.45, 7) is 2.64. The minimum Gasteiger partial charge on any atom is -0.497 e. The molecule has 2 aromatic rings. The number of esters is 1. The van der Waals surface area contributed by atoms with E-state index in [1.165, 1.54) is 0 Å². The zero-order valence-corrected chi connectivity index (χ0v) is 16.8. The molecule has 0 aromatic heterocycles. The van der Waals surface area contributed by atoms with Crippen LogP contribution in [0.1, 0.15) is 30.9 Å². The van der Waals surface area contributed by atoms with E-state index in [1.807, 2.05) is 54.6 Å². The van der Waals surface area contributed by atoms with Crippen LogP contribution in [-0.2, 0) is 32.3 Å². The van der Waals surface area contributed by atoms with Gasteiger partial charge in [-0.25, -0.2) is 4.79 Å². The van der Waals surface area contributed by atoms with Crippen LogP contribution < -0.4 is 4.74 Å². The quantitative estimate of drug-likeness (QED) is 0.320. The number of amides is 1. The molecule has 156 valence electrons. The summed E-state index contributed by atoms with van der Waals surface area (Å²) in [4.78, 5) is 29.6. The molecule has 1 amide bonds. The molecule has 0 atom stereocenters. The molecule has 0 saturated heterocycles. The monoisotopic (exact) mass is 401 g/mol. The van der Waals surface area contributed by atoms with Crippen LogP contribution in [0.5, 0.6) is 5.75 Å². The molecule has 7 nitrogen and oxygen atoms in total. The summed E-state index contributed by atoms with van der Waals surface area (Å²) in [5.41, 5.74) is 1.74. The van der Waals surface area contributed by atoms with E-state index in [-0.39, 0.29) is 32.1 Å². The highest BCUT2D eigenvalue weighted by Gasteiger charge is 2.17. The average molecular weight is 401 g/mol. The molecule has 0 N–H and O–H groups in total. The van der Waals surface area contributed by atoms with Gasteiger partial charge in [-0.2, -0.15) is 5.06 Å². The van der Waals surface area contributed by atoms with Crippen LogP contribution >= 0.6 is 0 Å². The van der Waals surface area contributed by atoms with Gasteiger partial charge in [0.2, 0.25) is 0 Å². The lowest BCUT2D eigenvalue weighted by atomic mass is 10.2. The fraction of sp³-hybridized carbons (Fsp3) is 0.364. The van der Waals surface area contributed by atoms with Gasteiger partial charge in [-0.1, -0.05) is 42.5 Å². The molecule has 0 bridgehead atoms. The number of carbonyl (C=O) groups is 2. The fourth-order valence-electron chi connectivity index (χ4n) is 2.48. The Labute approximate surface area is 171 Å². The summed E-state index contributed by atoms with van der Waals surface area (Å²) in [6, 6.07) is 16.7. The number of carbonyl (C=O) groups excluding carboxylic acids is 2. The van der Waals surface area contributed by atoms with Gasteiger partial charge in [-0.3, -0.25) is 9.63 Å². The molecule has 0 aliphatic rings. The van der Waals surface area contributed by atoms with E-state index in [4.69, 9.17) is 19.0 Å². The van der Waals surface area contributed by atoms with E-state index < -0.39 is 6.09 Å². The Morgan fingerprint density at radius 1 is 0.931 bits per heavy atom. The standard InChI is InChI=1S/C22H27NO6/c1-3-27-21(24)10-7-15-29-23(16-18-11-13-20(26-2)14-12-18)22(25)28-17-19-8-5-4-6-9-19/h4-6,8-9,11-14H,3,7,10,15-17H2,1-2H3. The van der Waals surface area contributed by atoms with E-state index in [0.29, 0.717) is 13.0 Å². The second-order valence-electron chi connectivity index (χ2n) is 6.17. The predicted octanol–water partition coefficient (Wildman–Crippen LogP) is 4.11. The van der Waals surface area contributed by atoms with Gasteiger partial charge in [0.15, 0.2) is 0 Å². The molecular weight excluding hydrogens is 374 g/mol. The van der Waals surface area contributed by atoms with Gasteiger partial charge < -0.3 is 14.2 Å². The molecule has 0 unspecified atom stereocenters. The lowest BCUT2D eigenvalue weighted by Crippen LogP contribution is -2.32. The molecule has 7 heteroatoms. The number of benzene rings is 2. The second-order valence-corrected chi connectivity index (χ2v) is 6.17. The number of methoxy groups -OCH3 is 1. The molecule has 0 heterocycles. The van der Waals surface area contributed by atoms with E-state index in [2.05, 4.69) is 0 Å². The Bertz CT molecular complexity index is 748. The Kier molecular flexibility index (Phi) is 9.51. The van der Waals surface area contributed by atoms with E-state index >= 15 is 0 Å². The molecule has 0 aliphatic heterocycles. The van der Waals surface area contributed by atoms with Gasteiger partial charge in [0.05, 0.1) is 26.9 Å². The summed E-state index contributed by atoms with van der Waals surface area (Å²) in [5.74, 6) is 0.437. The Balaban J connectivity index is 1.93. The van der Waals surface area contributed by atoms with Crippen molar-refractivity contribution in [3.63, 3.8) is 0 Å². The van der Waals surface area contributed by atoms with Crippen LogP contribution in [0, 0.1) is 0 Å². The molecule has 0 spiro atoms. The van der Waals surface area contributed by atoms with Crippen molar-refractivity contribution in [1.29, 1.82) is 0 Å². The van der Waals surface area contributed by atoms with Crippen molar-refractivity contribution in [2.75, 3.05) is 20.3 Å². The molecule has 29 heavy (non-hydrogen) atoms. The van der Waals surface area contributed by atoms with Gasteiger partial charge in [-0.15, -0.1) is 0 Å². The van der Waals surface area contributed by atoms with Gasteiger partial charge >= 0.3 is 12.1 Å². The molecule has 2 aromatic carbocycles. The highest BCUT2D eigenvalue weighted by molar-refractivity contribution is 5.69. The number of hydrogen-bond acceptors (Lipinski definition) is 6. The van der Waals surface area contributed by atoms with Crippen LogP contribution in [0.15, 0.2) is 54.6 Å². The Hall–Kier alpha value is -3.06. The van der Waals surface area contributed by atoms with Gasteiger partial charge in [0, 0.05) is 6.42 Å². The zero-order chi connectivity index (χ0) is 20.9. The molecule has 0 aliphatic carbocycles. The van der Waals surface area contributed by atoms with E-state index in [9.17, 15) is 9.59 Å². The summed E-state index contributed by atoms with van der Waals surface area (Å²) in [6.07, 6.45) is 0.0634. The summed E-state index contributed by atoms with van der Waals surface area (Å²) in [7, 11) is 1.59. The molecule has 0 saturated carbocycles. The van der Waals surface area contributed by atoms with Gasteiger partial charge in [0.1, 0.15) is 12.4 Å². The third-order valence-corrected chi connectivity index (χ3v) is 3.97. The number of ether oxygens (including phenoxy) is 3. The first-order chi connectivity index (χ1) is 14.1. The van der Waals surface area contributed by atoms with Crippen molar-refractivity contribution in [2.24, 2.45) is 0 Å². The molecule has 0 fully saturated rings. The van der Waals surface area contributed by atoms with Crippen LogP contribution in [0.25, 0.3) is 0 Å². The maximum absolute atomic E-state index is 12.5. The van der Waals surface area contributed by atoms with Gasteiger partial charge in [0.25, 0.3) is 0 Å². The molecule has 0 radical (unpaired) electrons. The average Bonchev–Trinajstić information content (AvgIpc) is 2.75. The molecular formula is C22H27NO6. The number of rotatable bonds is 11. The summed E-state index contributed by atoms with van der Waals surface area (Å²) >= 11 is 0. The topological polar surface area (TPSA) is 74.3 Å². The third kappa shape index (κ3) is 8.23. The van der Waals surface area contributed by atoms with Crippen molar-refractivity contribution >= 4 is 12.1 Å². The SMILES string of the molecule is CCOC(=O)CCCON(Cc1ccc(OC)cc1)C(=O)OCc1ccccc1. The predicted molar refractivity (Wildman–Crippen MR) is 107 cm³/mol. The van der Waals surface area contributed by atoms with Crippen molar-refractivity contribution in [1.82, 2.24) is 5.06 Å². The first-order valence-electron chi connectivity index (χ1n) is 9.52. The van der Waals surface area contributed by atoms with Crippen LogP contribution in [0.3, 0.4) is 0 Å².